The highest BCUT2D eigenvalue weighted by Crippen LogP contribution is 2.26. The minimum atomic E-state index is -2.59. The quantitative estimate of drug-likeness (QED) is 0.730. The average Bonchev–Trinajstić information content (AvgIpc) is 2.48. The molecule has 2 rings (SSSR count). The molecular weight excluding hydrogens is 324 g/mol. The van der Waals surface area contributed by atoms with Crippen LogP contribution < -0.4 is 0 Å². The Balaban J connectivity index is 2.74. The van der Waals surface area contributed by atoms with E-state index in [1.54, 1.807) is 6.07 Å². The van der Waals surface area contributed by atoms with Gasteiger partial charge < -0.3 is 0 Å². The third-order valence-corrected chi connectivity index (χ3v) is 3.35. The normalized spacial score (nSPS) is 11.5. The molecule has 0 N–H and O–H groups in total. The number of rotatable bonds is 1. The van der Waals surface area contributed by atoms with E-state index in [1.165, 1.54) is 6.07 Å². The van der Waals surface area contributed by atoms with Crippen LogP contribution in [0, 0.1) is 3.57 Å². The molecule has 1 aromatic heterocycles. The van der Waals surface area contributed by atoms with Gasteiger partial charge in [0.1, 0.15) is 6.33 Å². The summed E-state index contributed by atoms with van der Waals surface area (Å²) in [6, 6.07) is 3.18. The maximum absolute atomic E-state index is 12.4. The van der Waals surface area contributed by atoms with Crippen molar-refractivity contribution in [2.75, 3.05) is 0 Å². The van der Waals surface area contributed by atoms with Crippen LogP contribution in [-0.2, 0) is 0 Å². The van der Waals surface area contributed by atoms with Crippen LogP contribution in [0.15, 0.2) is 18.5 Å². The molecule has 1 heterocycles. The molecular formula is C8H4ClF2IN2. The molecule has 0 aliphatic rings. The molecule has 0 radical (unpaired) electrons. The van der Waals surface area contributed by atoms with E-state index in [2.05, 4.69) is 4.98 Å². The number of nitrogens with zero attached hydrogens (tertiary/aromatic N) is 2. The molecule has 6 heteroatoms. The van der Waals surface area contributed by atoms with Crippen LogP contribution in [0.2, 0.25) is 5.02 Å². The minimum Gasteiger partial charge on any atom is -0.273 e. The van der Waals surface area contributed by atoms with Crippen LogP contribution in [-0.4, -0.2) is 9.55 Å². The number of halogens is 4. The van der Waals surface area contributed by atoms with E-state index in [-0.39, 0.29) is 0 Å². The summed E-state index contributed by atoms with van der Waals surface area (Å²) < 4.78 is 26.5. The molecule has 0 unspecified atom stereocenters. The highest BCUT2D eigenvalue weighted by Gasteiger charge is 2.12. The van der Waals surface area contributed by atoms with Gasteiger partial charge in [0, 0.05) is 3.57 Å². The summed E-state index contributed by atoms with van der Waals surface area (Å²) in [6.45, 7) is -2.59. The second-order valence-electron chi connectivity index (χ2n) is 2.68. The number of alkyl halides is 2. The second kappa shape index (κ2) is 3.62. The maximum Gasteiger partial charge on any atom is 0.320 e. The van der Waals surface area contributed by atoms with Gasteiger partial charge in [0.25, 0.3) is 0 Å². The summed E-state index contributed by atoms with van der Waals surface area (Å²) in [5.74, 6) is 0. The fourth-order valence-electron chi connectivity index (χ4n) is 1.18. The molecule has 2 aromatic rings. The topological polar surface area (TPSA) is 17.8 Å². The zero-order valence-corrected chi connectivity index (χ0v) is 9.63. The van der Waals surface area contributed by atoms with Gasteiger partial charge in [-0.25, -0.2) is 4.98 Å². The Labute approximate surface area is 97.0 Å². The highest BCUT2D eigenvalue weighted by molar-refractivity contribution is 14.1. The summed E-state index contributed by atoms with van der Waals surface area (Å²) in [4.78, 5) is 3.86. The van der Waals surface area contributed by atoms with Gasteiger partial charge in [-0.3, -0.25) is 4.57 Å². The third-order valence-electron chi connectivity index (χ3n) is 1.83. The summed E-state index contributed by atoms with van der Waals surface area (Å²) in [5, 5.41) is 0.459. The molecule has 74 valence electrons. The molecule has 0 aliphatic carbocycles. The van der Waals surface area contributed by atoms with Crippen molar-refractivity contribution >= 4 is 45.2 Å². The number of benzene rings is 1. The Kier molecular flexibility index (Phi) is 2.61. The van der Waals surface area contributed by atoms with E-state index >= 15 is 0 Å². The van der Waals surface area contributed by atoms with E-state index in [9.17, 15) is 8.78 Å². The Morgan fingerprint density at radius 2 is 2.14 bits per heavy atom. The summed E-state index contributed by atoms with van der Waals surface area (Å²) in [6.07, 6.45) is 1.11. The largest absolute Gasteiger partial charge is 0.320 e. The van der Waals surface area contributed by atoms with Crippen molar-refractivity contribution in [3.8, 4) is 0 Å². The molecule has 0 saturated carbocycles. The zero-order valence-electron chi connectivity index (χ0n) is 6.72. The van der Waals surface area contributed by atoms with Crippen LogP contribution in [0.1, 0.15) is 6.55 Å². The van der Waals surface area contributed by atoms with Crippen molar-refractivity contribution in [1.82, 2.24) is 9.55 Å². The van der Waals surface area contributed by atoms with E-state index in [4.69, 9.17) is 11.6 Å². The van der Waals surface area contributed by atoms with Crippen LogP contribution in [0.4, 0.5) is 8.78 Å². The Morgan fingerprint density at radius 3 is 2.79 bits per heavy atom. The lowest BCUT2D eigenvalue weighted by Gasteiger charge is -2.02. The fourth-order valence-corrected chi connectivity index (χ4v) is 1.79. The van der Waals surface area contributed by atoms with E-state index in [0.717, 1.165) is 14.5 Å². The summed E-state index contributed by atoms with van der Waals surface area (Å²) >= 11 is 7.86. The first-order valence-corrected chi connectivity index (χ1v) is 5.15. The van der Waals surface area contributed by atoms with Crippen molar-refractivity contribution in [2.24, 2.45) is 0 Å². The van der Waals surface area contributed by atoms with Gasteiger partial charge >= 0.3 is 6.55 Å². The van der Waals surface area contributed by atoms with Crippen LogP contribution in [0.5, 0.6) is 0 Å². The third kappa shape index (κ3) is 1.58. The zero-order chi connectivity index (χ0) is 10.3. The Hall–Kier alpha value is -0.430. The van der Waals surface area contributed by atoms with E-state index in [1.807, 2.05) is 22.6 Å². The molecule has 1 aromatic carbocycles. The lowest BCUT2D eigenvalue weighted by molar-refractivity contribution is 0.0746. The maximum atomic E-state index is 12.4. The number of aromatic nitrogens is 2. The van der Waals surface area contributed by atoms with Gasteiger partial charge in [0.15, 0.2) is 0 Å². The van der Waals surface area contributed by atoms with Gasteiger partial charge in [-0.05, 0) is 34.7 Å². The number of hydrogen-bond acceptors (Lipinski definition) is 1. The van der Waals surface area contributed by atoms with Gasteiger partial charge in [-0.1, -0.05) is 11.6 Å². The van der Waals surface area contributed by atoms with Crippen molar-refractivity contribution in [1.29, 1.82) is 0 Å². The monoisotopic (exact) mass is 328 g/mol. The summed E-state index contributed by atoms with van der Waals surface area (Å²) in [5.41, 5.74) is 0.879. The van der Waals surface area contributed by atoms with E-state index < -0.39 is 6.55 Å². The lowest BCUT2D eigenvalue weighted by Crippen LogP contribution is -1.95. The van der Waals surface area contributed by atoms with Gasteiger partial charge in [-0.2, -0.15) is 8.78 Å². The predicted molar refractivity (Wildman–Crippen MR) is 58.7 cm³/mol. The predicted octanol–water partition coefficient (Wildman–Crippen LogP) is 3.69. The Bertz CT molecular complexity index is 483. The first-order valence-electron chi connectivity index (χ1n) is 3.69. The molecule has 0 fully saturated rings. The molecule has 0 atom stereocenters. The van der Waals surface area contributed by atoms with Crippen LogP contribution in [0.25, 0.3) is 11.0 Å². The summed E-state index contributed by atoms with van der Waals surface area (Å²) in [7, 11) is 0. The van der Waals surface area contributed by atoms with Gasteiger partial charge in [-0.15, -0.1) is 0 Å². The second-order valence-corrected chi connectivity index (χ2v) is 4.25. The smallest absolute Gasteiger partial charge is 0.273 e. The molecule has 0 saturated heterocycles. The highest BCUT2D eigenvalue weighted by atomic mass is 127. The first-order chi connectivity index (χ1) is 6.59. The number of imidazole rings is 1. The van der Waals surface area contributed by atoms with E-state index in [0.29, 0.717) is 16.1 Å². The molecule has 0 bridgehead atoms. The van der Waals surface area contributed by atoms with Gasteiger partial charge in [0.05, 0.1) is 16.1 Å². The molecule has 14 heavy (non-hydrogen) atoms. The van der Waals surface area contributed by atoms with Crippen molar-refractivity contribution in [2.45, 2.75) is 6.55 Å². The fraction of sp³-hybridized carbons (Fsp3) is 0.125. The van der Waals surface area contributed by atoms with Gasteiger partial charge in [0.2, 0.25) is 0 Å². The number of fused-ring (bicyclic) bond motifs is 1. The van der Waals surface area contributed by atoms with Crippen molar-refractivity contribution < 1.29 is 8.78 Å². The molecule has 0 spiro atoms. The SMILES string of the molecule is FC(F)n1cnc2cc(I)c(Cl)cc21. The van der Waals surface area contributed by atoms with Crippen LogP contribution in [0.3, 0.4) is 0 Å². The van der Waals surface area contributed by atoms with Crippen LogP contribution >= 0.6 is 34.2 Å². The lowest BCUT2D eigenvalue weighted by atomic mass is 10.3. The molecule has 0 aliphatic heterocycles. The number of hydrogen-bond donors (Lipinski definition) is 0. The standard InChI is InChI=1S/C8H4ClF2IN2/c9-4-1-7-6(2-5(4)12)13-3-14(7)8(10)11/h1-3,8H. The first kappa shape index (κ1) is 10.1. The van der Waals surface area contributed by atoms with Crippen molar-refractivity contribution in [3.05, 3.63) is 27.1 Å². The average molecular weight is 328 g/mol. The molecule has 2 nitrogen and oxygen atoms in total. The Morgan fingerprint density at radius 1 is 1.43 bits per heavy atom. The minimum absolute atomic E-state index is 0.352. The van der Waals surface area contributed by atoms with Crippen molar-refractivity contribution in [3.63, 3.8) is 0 Å². The molecule has 0 amide bonds.